The van der Waals surface area contributed by atoms with Gasteiger partial charge in [0.1, 0.15) is 64.5 Å². The third kappa shape index (κ3) is 42.7. The van der Waals surface area contributed by atoms with Gasteiger partial charge in [-0.15, -0.1) is 0 Å². The van der Waals surface area contributed by atoms with E-state index in [1.807, 2.05) is 0 Å². The summed E-state index contributed by atoms with van der Waals surface area (Å²) >= 11 is 0. The van der Waals surface area contributed by atoms with Crippen LogP contribution in [-0.4, -0.2) is 239 Å². The molecule has 0 aliphatic carbocycles. The Morgan fingerprint density at radius 3 is 0.889 bits per heavy atom. The molecule has 0 fully saturated rings. The maximum Gasteiger partial charge on any atom is 0.293 e. The predicted molar refractivity (Wildman–Crippen MR) is 423 cm³/mol. The number of aliphatic hydroxyl groups is 9. The average molecular weight is 1590 g/mol. The second-order valence-electron chi connectivity index (χ2n) is 18.7. The molecule has 4 unspecified atom stereocenters. The van der Waals surface area contributed by atoms with E-state index in [4.69, 9.17) is 118 Å². The van der Waals surface area contributed by atoms with Gasteiger partial charge in [-0.3, -0.25) is 0 Å². The number of aliphatic hydroxyl groups excluding tert-OH is 4. The first-order chi connectivity index (χ1) is 87.7. The van der Waals surface area contributed by atoms with Gasteiger partial charge >= 0.3 is 0 Å². The number of phenolic OH excluding ortho intramolecular Hbond substituents is 9. The SMILES string of the molecule is [2H]Oc1c([2H])c([2H])c([2H])c(C(CN([2H])C([2H])([2H])[2H])O[2H])c1[2H].[2H]Oc1c([2H])c([2H])c([2H])c(C(O[2H])C([2H])([2H])N([2H])C([2H])([2H])[2H])c1[2H].[2H]Oc1c([2H])c([2H])c([2H])c(C([2H])(CN([2H])C([2H])([2H])[2H])O[2H])c1[2H].[2H]Oc1c([2H])c([2H])c([2H])c(C([2H])(O[2H])C([2H])([2H])N([2H])C([2H])([2H])[2H])c1[2H].[2H]Oc1cccc([C@@H](CN([2H])C([2H])([2H])[2H])O[2H])c1.[2H]Oc1cccc([C@@]([2H])(CN([2H])C([2H])([2H])[2H])O[2H])c1.[2H]Oc1cccc([C@@]([2H])(O[2H])C([2H])([2H])N([2H])C([2H])([2H])[2H])c1.[2H]Oc1cccc([C@H](O[2H])C([2H])([2H])N([2H])C([2H])([2H])[2H])c1.[2H]Oc1cccc([C@]([2H])(O[2H])C([2H])([2H])N([2H])C([2H])([2H])[2H])c1. The summed E-state index contributed by atoms with van der Waals surface area (Å²) in [6.07, 6.45) is -20.2. The summed E-state index contributed by atoms with van der Waals surface area (Å²) in [4.78, 5) is 0. The monoisotopic (exact) mass is 1590 g/mol. The van der Waals surface area contributed by atoms with Crippen molar-refractivity contribution in [1.82, 2.24) is 47.8 Å². The molecule has 0 saturated carbocycles. The van der Waals surface area contributed by atoms with Crippen LogP contribution in [0.25, 0.3) is 0 Å². The van der Waals surface area contributed by atoms with Gasteiger partial charge in [0, 0.05) is 109 Å². The highest BCUT2D eigenvalue weighted by molar-refractivity contribution is 5.35. The minimum atomic E-state index is -3.60. The van der Waals surface area contributed by atoms with E-state index in [9.17, 15) is 0 Å². The third-order valence-corrected chi connectivity index (χ3v) is 11.1. The van der Waals surface area contributed by atoms with Crippen molar-refractivity contribution in [2.45, 2.75) is 54.8 Å². The van der Waals surface area contributed by atoms with Gasteiger partial charge in [0.2, 0.25) is 12.9 Å². The van der Waals surface area contributed by atoms with Gasteiger partial charge < -0.3 is 140 Å². The highest BCUT2D eigenvalue weighted by Gasteiger charge is 2.13. The molecular weight excluding hydrogens is 1390 g/mol. The molecule has 0 aromatic heterocycles. The van der Waals surface area contributed by atoms with E-state index in [-0.39, 0.29) is 84.3 Å². The number of aromatic hydroxyl groups is 9. The fourth-order valence-corrected chi connectivity index (χ4v) is 6.49. The zero-order valence-corrected chi connectivity index (χ0v) is 54.6. The first kappa shape index (κ1) is 27.8. The summed E-state index contributed by atoms with van der Waals surface area (Å²) in [6.45, 7) is -45.6. The van der Waals surface area contributed by atoms with Crippen LogP contribution in [0.15, 0.2) is 218 Å². The summed E-state index contributed by atoms with van der Waals surface area (Å²) in [5.74, 6) is -2.70. The molecule has 108 heavy (non-hydrogen) atoms. The van der Waals surface area contributed by atoms with Gasteiger partial charge in [-0.05, 0) is 222 Å². The lowest BCUT2D eigenvalue weighted by atomic mass is 10.1. The summed E-state index contributed by atoms with van der Waals surface area (Å²) in [5.41, 5.74) is -2.90. The molecule has 9 aromatic rings. The number of phenols is 9. The van der Waals surface area contributed by atoms with Crippen molar-refractivity contribution in [3.63, 3.8) is 0 Å². The van der Waals surface area contributed by atoms with Crippen molar-refractivity contribution in [3.8, 4) is 51.7 Å². The van der Waals surface area contributed by atoms with Crippen molar-refractivity contribution >= 4 is 0 Å². The van der Waals surface area contributed by atoms with Crippen molar-refractivity contribution in [2.24, 2.45) is 0 Å². The maximum atomic E-state index is 8.05. The predicted octanol–water partition coefficient (Wildman–Crippen LogP) is 5.81. The first-order valence-corrected chi connectivity index (χ1v) is 28.6. The standard InChI is InChI=1S/9C9H13NO2/c9*1-10-6-9(12)7-3-2-4-8(11)5-7/h9*2-5,9-12H,6H2,1H3/t5*9-;;;;/m11110..../s1/i1D3,6D2,9D,12D;1D3,9D,12D;1D3,6D2,12D;1D3,12D;1D3,6D2,9D,12D;1D3,2D,3D,4D,5D,6D2,9D,12D;1D3,2D,3D,4D,5D,9D,12D;1D3,2D,3D,4D,5D,6D2,12D;1D3,2D,3D,4D,5D,12D/hD18. The largest absolute Gasteiger partial charge is 0.508 e. The van der Waals surface area contributed by atoms with Crippen LogP contribution >= 0.6 is 0 Å². The number of hydrogen-bond acceptors (Lipinski definition) is 27. The molecule has 0 aliphatic rings. The van der Waals surface area contributed by atoms with Crippen LogP contribution in [0.3, 0.4) is 0 Å². The van der Waals surface area contributed by atoms with E-state index in [1.165, 1.54) is 91.0 Å². The van der Waals surface area contributed by atoms with E-state index >= 15 is 0 Å². The van der Waals surface area contributed by atoms with Crippen LogP contribution in [0.1, 0.15) is 184 Å². The molecule has 9 rings (SSSR count). The van der Waals surface area contributed by atoms with Crippen LogP contribution in [0.4, 0.5) is 0 Å². The van der Waals surface area contributed by atoms with Crippen molar-refractivity contribution in [1.29, 1.82) is 25.8 Å². The molecule has 0 saturated heterocycles. The molecular formula is C81H117N9O18. The molecule has 0 amide bonds. The fourth-order valence-electron chi connectivity index (χ4n) is 6.49. The molecule has 0 aliphatic heterocycles. The molecule has 9 aromatic carbocycles. The number of likely N-dealkylation sites (N-methyl/N-ethyl adjacent to an activating group) is 9. The summed E-state index contributed by atoms with van der Waals surface area (Å²) < 4.78 is 621. The maximum absolute atomic E-state index is 8.05. The zero-order chi connectivity index (χ0) is 151. The minimum absolute atomic E-state index is 0.0348. The second-order valence-corrected chi connectivity index (χ2v) is 18.7. The molecule has 0 heterocycles. The molecule has 27 heteroatoms. The normalized spacial score (nSPS) is 27.3. The Bertz CT molecular complexity index is 7230. The zero-order valence-electron chi connectivity index (χ0n) is 140. The Balaban J connectivity index is 0.00000109. The summed E-state index contributed by atoms with van der Waals surface area (Å²) in [5, 5.41) is 73.7. The van der Waals surface area contributed by atoms with E-state index in [1.54, 1.807) is 18.2 Å². The Kier molecular flexibility index (Phi) is 14.8. The topological polar surface area (TPSA) is 472 Å². The number of rotatable bonds is 45. The lowest BCUT2D eigenvalue weighted by Crippen LogP contribution is -2.16. The fraction of sp³-hybridized carbons (Fsp3) is 0.333. The first-order valence-electron chi connectivity index (χ1n) is 68.9. The van der Waals surface area contributed by atoms with Crippen LogP contribution in [-0.2, 0) is 0 Å². The van der Waals surface area contributed by atoms with E-state index in [0.717, 1.165) is 12.1 Å². The van der Waals surface area contributed by atoms with Crippen LogP contribution < -0.4 is 47.8 Å². The number of benzene rings is 9. The molecule has 0 radical (unpaired) electrons. The van der Waals surface area contributed by atoms with Crippen LogP contribution in [0.5, 0.6) is 51.7 Å². The van der Waals surface area contributed by atoms with Gasteiger partial charge in [0.05, 0.1) is 83.6 Å². The minimum Gasteiger partial charge on any atom is -0.508 e. The third-order valence-electron chi connectivity index (χ3n) is 11.1. The Morgan fingerprint density at radius 2 is 0.537 bits per heavy atom. The summed E-state index contributed by atoms with van der Waals surface area (Å²) in [7, 11) is 0. The Morgan fingerprint density at radius 1 is 0.278 bits per heavy atom. The lowest BCUT2D eigenvalue weighted by molar-refractivity contribution is 0.177. The van der Waals surface area contributed by atoms with Gasteiger partial charge in [-0.2, -0.15) is 0 Å². The smallest absolute Gasteiger partial charge is 0.293 e. The molecule has 0 spiro atoms. The number of hydrogen-bond donors (Lipinski definition) is 27. The summed E-state index contributed by atoms with van der Waals surface area (Å²) in [6, 6.07) is 14.2. The van der Waals surface area contributed by atoms with Gasteiger partial charge in [0.15, 0.2) is 0 Å². The van der Waals surface area contributed by atoms with Gasteiger partial charge in [-0.1, -0.05) is 109 Å². The van der Waals surface area contributed by atoms with E-state index in [2.05, 4.69) is 92.0 Å². The van der Waals surface area contributed by atoms with Crippen molar-refractivity contribution in [3.05, 3.63) is 268 Å². The highest BCUT2D eigenvalue weighted by Crippen LogP contribution is 2.24. The number of nitrogens with one attached hydrogen (secondary N) is 9. The van der Waals surface area contributed by atoms with Gasteiger partial charge in [-0.25, -0.2) is 0 Å². The average Bonchev–Trinajstić information content (AvgIpc) is 0.722. The second kappa shape index (κ2) is 57.6. The van der Waals surface area contributed by atoms with Crippen molar-refractivity contribution < 1.29 is 184 Å². The highest BCUT2D eigenvalue weighted by atomic mass is 16.3. The molecule has 594 valence electrons. The Hall–Kier alpha value is -9.54. The Labute approximate surface area is 756 Å². The molecule has 27 N–H and O–H groups in total. The van der Waals surface area contributed by atoms with Crippen molar-refractivity contribution in [2.75, 3.05) is 121 Å². The van der Waals surface area contributed by atoms with Crippen LogP contribution in [0.2, 0.25) is 12.7 Å². The lowest BCUT2D eigenvalue weighted by Gasteiger charge is -2.09. The van der Waals surface area contributed by atoms with Crippen LogP contribution in [0, 0.1) is 0 Å². The molecule has 27 nitrogen and oxygen atoms in total. The van der Waals surface area contributed by atoms with E-state index in [0.29, 0.717) is 10.9 Å². The molecule has 0 bridgehead atoms. The van der Waals surface area contributed by atoms with E-state index < -0.39 is 327 Å². The quantitative estimate of drug-likeness (QED) is 0.0214. The molecule has 9 atom stereocenters. The van der Waals surface area contributed by atoms with Gasteiger partial charge in [0.25, 0.3) is 12.9 Å².